The van der Waals surface area contributed by atoms with E-state index in [0.717, 1.165) is 16.1 Å². The van der Waals surface area contributed by atoms with Crippen molar-refractivity contribution in [2.45, 2.75) is 0 Å². The number of anilines is 1. The van der Waals surface area contributed by atoms with E-state index in [2.05, 4.69) is 25.9 Å². The summed E-state index contributed by atoms with van der Waals surface area (Å²) in [7, 11) is 3.90. The van der Waals surface area contributed by atoms with Gasteiger partial charge in [0.15, 0.2) is 11.5 Å². The predicted octanol–water partition coefficient (Wildman–Crippen LogP) is 1.56. The van der Waals surface area contributed by atoms with Crippen molar-refractivity contribution in [3.05, 3.63) is 23.2 Å². The molecule has 0 aliphatic heterocycles. The van der Waals surface area contributed by atoms with Crippen LogP contribution in [-0.2, 0) is 0 Å². The molecular formula is C8H9BrN4. The molecule has 2 rings (SSSR count). The van der Waals surface area contributed by atoms with Crippen molar-refractivity contribution in [2.24, 2.45) is 0 Å². The zero-order chi connectivity index (χ0) is 9.42. The average Bonchev–Trinajstić information content (AvgIpc) is 2.49. The number of halogens is 1. The first kappa shape index (κ1) is 8.50. The summed E-state index contributed by atoms with van der Waals surface area (Å²) in [6.45, 7) is 0. The normalized spacial score (nSPS) is 10.7. The molecule has 0 amide bonds. The van der Waals surface area contributed by atoms with Crippen LogP contribution in [-0.4, -0.2) is 28.5 Å². The lowest BCUT2D eigenvalue weighted by molar-refractivity contribution is 1.02. The molecule has 4 nitrogen and oxygen atoms in total. The SMILES string of the molecule is CN(C)c1nc(Br)cn2ccnc12. The third-order valence-electron chi connectivity index (χ3n) is 1.75. The van der Waals surface area contributed by atoms with Crippen molar-refractivity contribution >= 4 is 27.4 Å². The van der Waals surface area contributed by atoms with Crippen LogP contribution in [0.2, 0.25) is 0 Å². The van der Waals surface area contributed by atoms with Crippen LogP contribution < -0.4 is 4.90 Å². The average molecular weight is 241 g/mol. The molecule has 2 aromatic rings. The topological polar surface area (TPSA) is 33.4 Å². The third-order valence-corrected chi connectivity index (χ3v) is 2.13. The van der Waals surface area contributed by atoms with Crippen LogP contribution in [0.25, 0.3) is 5.65 Å². The van der Waals surface area contributed by atoms with Gasteiger partial charge in [0.1, 0.15) is 4.60 Å². The molecular weight excluding hydrogens is 232 g/mol. The molecule has 13 heavy (non-hydrogen) atoms. The van der Waals surface area contributed by atoms with E-state index in [0.29, 0.717) is 0 Å². The zero-order valence-electron chi connectivity index (χ0n) is 7.40. The number of rotatable bonds is 1. The molecule has 68 valence electrons. The fraction of sp³-hybridized carbons (Fsp3) is 0.250. The molecule has 0 N–H and O–H groups in total. The van der Waals surface area contributed by atoms with Gasteiger partial charge in [-0.1, -0.05) is 0 Å². The molecule has 0 fully saturated rings. The Morgan fingerprint density at radius 2 is 2.23 bits per heavy atom. The number of nitrogens with zero attached hydrogens (tertiary/aromatic N) is 4. The van der Waals surface area contributed by atoms with Gasteiger partial charge in [-0.3, -0.25) is 0 Å². The first-order valence-electron chi connectivity index (χ1n) is 3.85. The molecule has 0 saturated carbocycles. The molecule has 0 atom stereocenters. The second-order valence-electron chi connectivity index (χ2n) is 2.94. The maximum atomic E-state index is 4.33. The van der Waals surface area contributed by atoms with Crippen LogP contribution >= 0.6 is 15.9 Å². The summed E-state index contributed by atoms with van der Waals surface area (Å²) in [6.07, 6.45) is 5.54. The summed E-state index contributed by atoms with van der Waals surface area (Å²) in [6, 6.07) is 0. The molecule has 2 heterocycles. The Balaban J connectivity index is 2.77. The van der Waals surface area contributed by atoms with Crippen molar-refractivity contribution in [2.75, 3.05) is 19.0 Å². The van der Waals surface area contributed by atoms with Crippen molar-refractivity contribution in [3.63, 3.8) is 0 Å². The van der Waals surface area contributed by atoms with Gasteiger partial charge >= 0.3 is 0 Å². The minimum absolute atomic E-state index is 0.807. The van der Waals surface area contributed by atoms with E-state index in [-0.39, 0.29) is 0 Å². The number of aromatic nitrogens is 3. The van der Waals surface area contributed by atoms with E-state index < -0.39 is 0 Å². The van der Waals surface area contributed by atoms with Crippen LogP contribution in [0.3, 0.4) is 0 Å². The largest absolute Gasteiger partial charge is 0.360 e. The second-order valence-corrected chi connectivity index (χ2v) is 3.75. The lowest BCUT2D eigenvalue weighted by Crippen LogP contribution is -2.12. The molecule has 0 bridgehead atoms. The van der Waals surface area contributed by atoms with Crippen LogP contribution in [0.5, 0.6) is 0 Å². The smallest absolute Gasteiger partial charge is 0.180 e. The minimum Gasteiger partial charge on any atom is -0.360 e. The first-order valence-corrected chi connectivity index (χ1v) is 4.64. The predicted molar refractivity (Wildman–Crippen MR) is 55.0 cm³/mol. The van der Waals surface area contributed by atoms with Gasteiger partial charge in [0.25, 0.3) is 0 Å². The van der Waals surface area contributed by atoms with Crippen LogP contribution in [0.1, 0.15) is 0 Å². The minimum atomic E-state index is 0.807. The van der Waals surface area contributed by atoms with Gasteiger partial charge in [-0.05, 0) is 15.9 Å². The van der Waals surface area contributed by atoms with Crippen molar-refractivity contribution in [1.82, 2.24) is 14.4 Å². The Kier molecular flexibility index (Phi) is 1.95. The quantitative estimate of drug-likeness (QED) is 0.759. The molecule has 2 aromatic heterocycles. The fourth-order valence-electron chi connectivity index (χ4n) is 1.19. The van der Waals surface area contributed by atoms with Crippen LogP contribution in [0, 0.1) is 0 Å². The highest BCUT2D eigenvalue weighted by Gasteiger charge is 2.07. The Hall–Kier alpha value is -1.10. The van der Waals surface area contributed by atoms with Gasteiger partial charge in [-0.25, -0.2) is 9.97 Å². The molecule has 0 aliphatic carbocycles. The van der Waals surface area contributed by atoms with E-state index in [1.54, 1.807) is 6.20 Å². The third kappa shape index (κ3) is 1.39. The summed E-state index contributed by atoms with van der Waals surface area (Å²) in [5.41, 5.74) is 0.869. The van der Waals surface area contributed by atoms with Crippen molar-refractivity contribution in [1.29, 1.82) is 0 Å². The lowest BCUT2D eigenvalue weighted by Gasteiger charge is -2.12. The van der Waals surface area contributed by atoms with E-state index >= 15 is 0 Å². The highest BCUT2D eigenvalue weighted by atomic mass is 79.9. The molecule has 0 radical (unpaired) electrons. The van der Waals surface area contributed by atoms with Crippen LogP contribution in [0.15, 0.2) is 23.2 Å². The Bertz CT molecular complexity index is 435. The van der Waals surface area contributed by atoms with Gasteiger partial charge < -0.3 is 9.30 Å². The monoisotopic (exact) mass is 240 g/mol. The Morgan fingerprint density at radius 1 is 1.46 bits per heavy atom. The zero-order valence-corrected chi connectivity index (χ0v) is 8.98. The molecule has 0 spiro atoms. The molecule has 0 unspecified atom stereocenters. The molecule has 0 aromatic carbocycles. The van der Waals surface area contributed by atoms with Gasteiger partial charge in [0.2, 0.25) is 0 Å². The molecule has 0 saturated heterocycles. The molecule has 0 aliphatic rings. The highest BCUT2D eigenvalue weighted by molar-refractivity contribution is 9.10. The highest BCUT2D eigenvalue weighted by Crippen LogP contribution is 2.18. The Morgan fingerprint density at radius 3 is 2.92 bits per heavy atom. The van der Waals surface area contributed by atoms with Gasteiger partial charge in [0, 0.05) is 32.7 Å². The number of imidazole rings is 1. The number of fused-ring (bicyclic) bond motifs is 1. The summed E-state index contributed by atoms with van der Waals surface area (Å²) >= 11 is 3.35. The lowest BCUT2D eigenvalue weighted by atomic mass is 10.5. The maximum Gasteiger partial charge on any atom is 0.180 e. The molecule has 5 heteroatoms. The summed E-state index contributed by atoms with van der Waals surface area (Å²) < 4.78 is 2.74. The van der Waals surface area contributed by atoms with E-state index in [9.17, 15) is 0 Å². The standard InChI is InChI=1S/C8H9BrN4/c1-12(2)8-7-10-3-4-13(7)5-6(9)11-8/h3-5H,1-2H3. The summed E-state index contributed by atoms with van der Waals surface area (Å²) in [4.78, 5) is 10.5. The second kappa shape index (κ2) is 2.99. The number of hydrogen-bond donors (Lipinski definition) is 0. The van der Waals surface area contributed by atoms with Crippen LogP contribution in [0.4, 0.5) is 5.82 Å². The maximum absolute atomic E-state index is 4.33. The van der Waals surface area contributed by atoms with Gasteiger partial charge in [0.05, 0.1) is 0 Å². The van der Waals surface area contributed by atoms with Gasteiger partial charge in [-0.15, -0.1) is 0 Å². The number of hydrogen-bond acceptors (Lipinski definition) is 3. The van der Waals surface area contributed by atoms with E-state index in [1.165, 1.54) is 0 Å². The van der Waals surface area contributed by atoms with E-state index in [1.807, 2.05) is 35.8 Å². The first-order chi connectivity index (χ1) is 6.18. The summed E-state index contributed by atoms with van der Waals surface area (Å²) in [5.74, 6) is 0.861. The van der Waals surface area contributed by atoms with Crippen molar-refractivity contribution < 1.29 is 0 Å². The summed E-state index contributed by atoms with van der Waals surface area (Å²) in [5, 5.41) is 0. The van der Waals surface area contributed by atoms with Gasteiger partial charge in [-0.2, -0.15) is 0 Å². The fourth-order valence-corrected chi connectivity index (χ4v) is 1.57. The van der Waals surface area contributed by atoms with Crippen molar-refractivity contribution in [3.8, 4) is 0 Å². The van der Waals surface area contributed by atoms with E-state index in [4.69, 9.17) is 0 Å². The Labute approximate surface area is 84.3 Å².